The summed E-state index contributed by atoms with van der Waals surface area (Å²) in [6.45, 7) is 6.40. The number of rotatable bonds is 5. The number of hydrogen-bond acceptors (Lipinski definition) is 3. The first kappa shape index (κ1) is 17.3. The fraction of sp³-hybridized carbons (Fsp3) is 0.579. The van der Waals surface area contributed by atoms with Crippen LogP contribution in [0.15, 0.2) is 30.3 Å². The Hall–Kier alpha value is -1.49. The maximum atomic E-state index is 12.9. The molecule has 1 aromatic rings. The number of thioether (sulfide) groups is 1. The molecule has 2 aliphatic rings. The van der Waals surface area contributed by atoms with Crippen LogP contribution < -0.4 is 5.32 Å². The van der Waals surface area contributed by atoms with Crippen LogP contribution in [0.5, 0.6) is 0 Å². The van der Waals surface area contributed by atoms with Crippen molar-refractivity contribution in [2.45, 2.75) is 57.0 Å². The first-order valence-electron chi connectivity index (χ1n) is 8.72. The molecular weight excluding hydrogens is 320 g/mol. The lowest BCUT2D eigenvalue weighted by Gasteiger charge is -2.31. The summed E-state index contributed by atoms with van der Waals surface area (Å²) in [5.74, 6) is 1.27. The van der Waals surface area contributed by atoms with Gasteiger partial charge in [0.2, 0.25) is 11.8 Å². The zero-order chi connectivity index (χ0) is 17.3. The van der Waals surface area contributed by atoms with Gasteiger partial charge in [-0.2, -0.15) is 0 Å². The average molecular weight is 346 g/mol. The third-order valence-corrected chi connectivity index (χ3v) is 6.48. The van der Waals surface area contributed by atoms with Gasteiger partial charge in [-0.05, 0) is 31.2 Å². The van der Waals surface area contributed by atoms with Crippen LogP contribution >= 0.6 is 11.8 Å². The molecule has 1 aromatic carbocycles. The molecule has 2 heterocycles. The Labute approximate surface area is 148 Å². The normalized spacial score (nSPS) is 27.4. The molecule has 24 heavy (non-hydrogen) atoms. The quantitative estimate of drug-likeness (QED) is 0.889. The van der Waals surface area contributed by atoms with Crippen LogP contribution in [0.4, 0.5) is 0 Å². The van der Waals surface area contributed by atoms with Gasteiger partial charge in [-0.1, -0.05) is 44.2 Å². The standard InChI is InChI=1S/C19H26N2O2S/c1-13(2)11-15(14-7-5-4-6-8-14)20-18(23)16-12-24-19(3)10-9-17(22)21(16)19/h4-8,13,15-16H,9-12H2,1-3H3,(H,20,23). The predicted octanol–water partition coefficient (Wildman–Crippen LogP) is 3.34. The van der Waals surface area contributed by atoms with E-state index in [0.717, 1.165) is 18.4 Å². The van der Waals surface area contributed by atoms with Crippen LogP contribution in [0.2, 0.25) is 0 Å². The molecule has 0 saturated carbocycles. The van der Waals surface area contributed by atoms with Gasteiger partial charge in [0.25, 0.3) is 0 Å². The van der Waals surface area contributed by atoms with Gasteiger partial charge < -0.3 is 10.2 Å². The van der Waals surface area contributed by atoms with Crippen molar-refractivity contribution in [1.29, 1.82) is 0 Å². The zero-order valence-electron chi connectivity index (χ0n) is 14.6. The van der Waals surface area contributed by atoms with Gasteiger partial charge in [-0.25, -0.2) is 0 Å². The lowest BCUT2D eigenvalue weighted by atomic mass is 9.96. The number of nitrogens with one attached hydrogen (secondary N) is 1. The van der Waals surface area contributed by atoms with E-state index in [1.807, 2.05) is 23.1 Å². The molecule has 3 rings (SSSR count). The van der Waals surface area contributed by atoms with Crippen molar-refractivity contribution in [3.8, 4) is 0 Å². The number of benzene rings is 1. The molecule has 4 nitrogen and oxygen atoms in total. The predicted molar refractivity (Wildman–Crippen MR) is 97.5 cm³/mol. The molecule has 0 radical (unpaired) electrons. The van der Waals surface area contributed by atoms with E-state index in [1.165, 1.54) is 0 Å². The fourth-order valence-corrected chi connectivity index (χ4v) is 5.15. The van der Waals surface area contributed by atoms with Gasteiger partial charge in [0.05, 0.1) is 10.9 Å². The highest BCUT2D eigenvalue weighted by Gasteiger charge is 2.53. The molecule has 130 valence electrons. The molecule has 2 aliphatic heterocycles. The SMILES string of the molecule is CC(C)CC(NC(=O)C1CSC2(C)CCC(=O)N12)c1ccccc1. The van der Waals surface area contributed by atoms with E-state index in [9.17, 15) is 9.59 Å². The van der Waals surface area contributed by atoms with Crippen molar-refractivity contribution in [2.75, 3.05) is 5.75 Å². The van der Waals surface area contributed by atoms with E-state index in [2.05, 4.69) is 38.2 Å². The highest BCUT2D eigenvalue weighted by atomic mass is 32.2. The highest BCUT2D eigenvalue weighted by molar-refractivity contribution is 8.01. The van der Waals surface area contributed by atoms with Crippen LogP contribution in [-0.2, 0) is 9.59 Å². The summed E-state index contributed by atoms with van der Waals surface area (Å²) in [4.78, 5) is 26.8. The average Bonchev–Trinajstić information content (AvgIpc) is 3.04. The first-order valence-corrected chi connectivity index (χ1v) is 9.71. The molecule has 0 spiro atoms. The Balaban J connectivity index is 1.75. The maximum absolute atomic E-state index is 12.9. The summed E-state index contributed by atoms with van der Waals surface area (Å²) in [6, 6.07) is 9.76. The number of amides is 2. The second-order valence-electron chi connectivity index (χ2n) is 7.37. The number of carbonyl (C=O) groups is 2. The van der Waals surface area contributed by atoms with Crippen molar-refractivity contribution in [3.63, 3.8) is 0 Å². The van der Waals surface area contributed by atoms with Crippen molar-refractivity contribution in [1.82, 2.24) is 10.2 Å². The van der Waals surface area contributed by atoms with E-state index in [-0.39, 0.29) is 28.8 Å². The van der Waals surface area contributed by atoms with Crippen LogP contribution in [0.25, 0.3) is 0 Å². The zero-order valence-corrected chi connectivity index (χ0v) is 15.4. The summed E-state index contributed by atoms with van der Waals surface area (Å²) in [5, 5.41) is 3.21. The van der Waals surface area contributed by atoms with Crippen molar-refractivity contribution < 1.29 is 9.59 Å². The van der Waals surface area contributed by atoms with Gasteiger partial charge in [0, 0.05) is 12.2 Å². The summed E-state index contributed by atoms with van der Waals surface area (Å²) >= 11 is 1.74. The summed E-state index contributed by atoms with van der Waals surface area (Å²) in [5.41, 5.74) is 1.13. The van der Waals surface area contributed by atoms with E-state index in [1.54, 1.807) is 11.8 Å². The number of carbonyl (C=O) groups excluding carboxylic acids is 2. The van der Waals surface area contributed by atoms with Gasteiger partial charge in [0.15, 0.2) is 0 Å². The van der Waals surface area contributed by atoms with E-state index in [0.29, 0.717) is 18.1 Å². The summed E-state index contributed by atoms with van der Waals surface area (Å²) in [6.07, 6.45) is 2.29. The number of fused-ring (bicyclic) bond motifs is 1. The van der Waals surface area contributed by atoms with Crippen LogP contribution in [0.1, 0.15) is 51.6 Å². The lowest BCUT2D eigenvalue weighted by molar-refractivity contribution is -0.138. The minimum atomic E-state index is -0.339. The Morgan fingerprint density at radius 3 is 2.75 bits per heavy atom. The molecule has 2 fully saturated rings. The maximum Gasteiger partial charge on any atom is 0.244 e. The third kappa shape index (κ3) is 3.32. The molecule has 0 aromatic heterocycles. The molecule has 2 amide bonds. The lowest BCUT2D eigenvalue weighted by Crippen LogP contribution is -2.50. The minimum Gasteiger partial charge on any atom is -0.347 e. The van der Waals surface area contributed by atoms with Crippen LogP contribution in [0.3, 0.4) is 0 Å². The second-order valence-corrected chi connectivity index (χ2v) is 8.87. The largest absolute Gasteiger partial charge is 0.347 e. The smallest absolute Gasteiger partial charge is 0.244 e. The van der Waals surface area contributed by atoms with Gasteiger partial charge >= 0.3 is 0 Å². The van der Waals surface area contributed by atoms with E-state index < -0.39 is 0 Å². The number of hydrogen-bond donors (Lipinski definition) is 1. The molecule has 2 saturated heterocycles. The van der Waals surface area contributed by atoms with Crippen molar-refractivity contribution in [2.24, 2.45) is 5.92 Å². The number of nitrogens with zero attached hydrogens (tertiary/aromatic N) is 1. The molecule has 3 atom stereocenters. The van der Waals surface area contributed by atoms with Gasteiger partial charge in [-0.3, -0.25) is 9.59 Å². The van der Waals surface area contributed by atoms with Gasteiger partial charge in [0.1, 0.15) is 6.04 Å². The van der Waals surface area contributed by atoms with Crippen LogP contribution in [0, 0.1) is 5.92 Å². The van der Waals surface area contributed by atoms with E-state index >= 15 is 0 Å². The van der Waals surface area contributed by atoms with Gasteiger partial charge in [-0.15, -0.1) is 11.8 Å². The fourth-order valence-electron chi connectivity index (χ4n) is 3.72. The molecular formula is C19H26N2O2S. The topological polar surface area (TPSA) is 49.4 Å². The third-order valence-electron chi connectivity index (χ3n) is 4.97. The Morgan fingerprint density at radius 1 is 1.38 bits per heavy atom. The highest BCUT2D eigenvalue weighted by Crippen LogP contribution is 2.47. The second kappa shape index (κ2) is 6.79. The molecule has 1 N–H and O–H groups in total. The Kier molecular flexibility index (Phi) is 4.90. The van der Waals surface area contributed by atoms with Crippen molar-refractivity contribution >= 4 is 23.6 Å². The Morgan fingerprint density at radius 2 is 2.08 bits per heavy atom. The van der Waals surface area contributed by atoms with E-state index in [4.69, 9.17) is 0 Å². The Bertz CT molecular complexity index is 619. The molecule has 0 bridgehead atoms. The van der Waals surface area contributed by atoms with Crippen molar-refractivity contribution in [3.05, 3.63) is 35.9 Å². The minimum absolute atomic E-state index is 0.00624. The molecule has 3 unspecified atom stereocenters. The molecule has 5 heteroatoms. The molecule has 0 aliphatic carbocycles. The van der Waals surface area contributed by atoms with Crippen LogP contribution in [-0.4, -0.2) is 33.4 Å². The monoisotopic (exact) mass is 346 g/mol. The summed E-state index contributed by atoms with van der Waals surface area (Å²) < 4.78 is 0. The summed E-state index contributed by atoms with van der Waals surface area (Å²) in [7, 11) is 0. The first-order chi connectivity index (χ1) is 11.4.